The first kappa shape index (κ1) is 26.7. The Morgan fingerprint density at radius 2 is 1.50 bits per heavy atom. The predicted octanol–water partition coefficient (Wildman–Crippen LogP) is 3.10. The van der Waals surface area contributed by atoms with Crippen LogP contribution in [0.4, 0.5) is 5.69 Å². The molecule has 3 rings (SSSR count). The lowest BCUT2D eigenvalue weighted by atomic mass is 10.1. The Balaban J connectivity index is 1.94. The molecule has 0 aliphatic heterocycles. The van der Waals surface area contributed by atoms with Gasteiger partial charge in [0.05, 0.1) is 17.7 Å². The van der Waals surface area contributed by atoms with Crippen molar-refractivity contribution in [2.45, 2.75) is 24.3 Å². The quantitative estimate of drug-likeness (QED) is 0.429. The van der Waals surface area contributed by atoms with Crippen molar-refractivity contribution in [2.24, 2.45) is 0 Å². The average Bonchev–Trinajstić information content (AvgIpc) is 2.92. The molecule has 0 heterocycles. The summed E-state index contributed by atoms with van der Waals surface area (Å²) in [6, 6.07) is 23.2. The molecular weight excluding hydrogens is 478 g/mol. The van der Waals surface area contributed by atoms with Crippen molar-refractivity contribution in [1.29, 1.82) is 0 Å². The number of carbonyl (C=O) groups is 2. The van der Waals surface area contributed by atoms with Gasteiger partial charge in [0.1, 0.15) is 18.3 Å². The number of carbonyl (C=O) groups excluding carboxylic acids is 2. The first-order chi connectivity index (χ1) is 17.3. The molecule has 0 saturated carbocycles. The van der Waals surface area contributed by atoms with Gasteiger partial charge >= 0.3 is 0 Å². The zero-order valence-corrected chi connectivity index (χ0v) is 21.4. The van der Waals surface area contributed by atoms with Crippen molar-refractivity contribution in [2.75, 3.05) is 31.6 Å². The van der Waals surface area contributed by atoms with Crippen LogP contribution in [0.1, 0.15) is 12.5 Å². The second kappa shape index (κ2) is 12.2. The summed E-state index contributed by atoms with van der Waals surface area (Å²) >= 11 is 0. The summed E-state index contributed by atoms with van der Waals surface area (Å²) in [7, 11) is -1.10. The Hall–Kier alpha value is -3.85. The number of benzene rings is 3. The van der Waals surface area contributed by atoms with Gasteiger partial charge in [-0.25, -0.2) is 8.42 Å². The first-order valence-electron chi connectivity index (χ1n) is 11.5. The molecule has 0 aliphatic rings. The number of nitrogens with one attached hydrogen (secondary N) is 1. The van der Waals surface area contributed by atoms with Crippen LogP contribution in [0.25, 0.3) is 0 Å². The Morgan fingerprint density at radius 1 is 0.917 bits per heavy atom. The fourth-order valence-corrected chi connectivity index (χ4v) is 5.19. The Bertz CT molecular complexity index is 1250. The average molecular weight is 510 g/mol. The number of para-hydroxylation sites is 1. The van der Waals surface area contributed by atoms with Gasteiger partial charge in [-0.1, -0.05) is 48.5 Å². The third-order valence-electron chi connectivity index (χ3n) is 5.87. The maximum atomic E-state index is 13.7. The highest BCUT2D eigenvalue weighted by atomic mass is 32.2. The minimum atomic E-state index is -4.10. The number of anilines is 1. The SMILES string of the molecule is CNC(=O)[C@H](C)N(CCc1ccccc1)C(=O)CN(c1ccccc1)S(=O)(=O)c1ccc(OC)cc1. The molecule has 9 heteroatoms. The number of sulfonamides is 1. The van der Waals surface area contributed by atoms with Gasteiger partial charge in [-0.15, -0.1) is 0 Å². The van der Waals surface area contributed by atoms with E-state index in [9.17, 15) is 18.0 Å². The molecule has 36 heavy (non-hydrogen) atoms. The van der Waals surface area contributed by atoms with E-state index in [1.807, 2.05) is 30.3 Å². The molecule has 190 valence electrons. The van der Waals surface area contributed by atoms with Gasteiger partial charge in [0.2, 0.25) is 11.8 Å². The van der Waals surface area contributed by atoms with Crippen molar-refractivity contribution < 1.29 is 22.7 Å². The number of methoxy groups -OCH3 is 1. The van der Waals surface area contributed by atoms with E-state index in [1.54, 1.807) is 49.4 Å². The van der Waals surface area contributed by atoms with Crippen LogP contribution in [0.15, 0.2) is 89.8 Å². The lowest BCUT2D eigenvalue weighted by Gasteiger charge is -2.31. The molecule has 0 aliphatic carbocycles. The number of hydrogen-bond donors (Lipinski definition) is 1. The first-order valence-corrected chi connectivity index (χ1v) is 13.0. The predicted molar refractivity (Wildman–Crippen MR) is 139 cm³/mol. The molecule has 0 saturated heterocycles. The highest BCUT2D eigenvalue weighted by molar-refractivity contribution is 7.92. The molecule has 0 unspecified atom stereocenters. The summed E-state index contributed by atoms with van der Waals surface area (Å²) in [5, 5.41) is 2.57. The Labute approximate surface area is 212 Å². The van der Waals surface area contributed by atoms with E-state index < -0.39 is 28.5 Å². The van der Waals surface area contributed by atoms with Crippen molar-refractivity contribution >= 4 is 27.5 Å². The third kappa shape index (κ3) is 6.42. The molecule has 0 aromatic heterocycles. The van der Waals surface area contributed by atoms with Crippen LogP contribution in [0.5, 0.6) is 5.75 Å². The number of ether oxygens (including phenoxy) is 1. The minimum absolute atomic E-state index is 0.0233. The molecule has 2 amide bonds. The van der Waals surface area contributed by atoms with E-state index >= 15 is 0 Å². The van der Waals surface area contributed by atoms with Crippen LogP contribution >= 0.6 is 0 Å². The molecule has 8 nitrogen and oxygen atoms in total. The van der Waals surface area contributed by atoms with Gasteiger partial charge < -0.3 is 15.0 Å². The fourth-order valence-electron chi connectivity index (χ4n) is 3.78. The smallest absolute Gasteiger partial charge is 0.264 e. The molecule has 1 atom stereocenters. The van der Waals surface area contributed by atoms with Crippen molar-refractivity contribution in [3.8, 4) is 5.75 Å². The number of rotatable bonds is 11. The minimum Gasteiger partial charge on any atom is -0.497 e. The maximum absolute atomic E-state index is 13.7. The van der Waals surface area contributed by atoms with Crippen LogP contribution in [0.3, 0.4) is 0 Å². The third-order valence-corrected chi connectivity index (χ3v) is 7.66. The zero-order valence-electron chi connectivity index (χ0n) is 20.6. The number of likely N-dealkylation sites (N-methyl/N-ethyl adjacent to an activating group) is 1. The summed E-state index contributed by atoms with van der Waals surface area (Å²) in [5.41, 5.74) is 1.35. The highest BCUT2D eigenvalue weighted by Crippen LogP contribution is 2.25. The molecule has 0 radical (unpaired) electrons. The second-order valence-corrected chi connectivity index (χ2v) is 10.00. The molecule has 1 N–H and O–H groups in total. The van der Waals surface area contributed by atoms with Gasteiger partial charge in [0.15, 0.2) is 0 Å². The van der Waals surface area contributed by atoms with Crippen molar-refractivity contribution in [3.63, 3.8) is 0 Å². The standard InChI is InChI=1S/C27H31N3O5S/c1-21(27(32)28-2)29(19-18-22-10-6-4-7-11-22)26(31)20-30(23-12-8-5-9-13-23)36(33,34)25-16-14-24(35-3)15-17-25/h4-17,21H,18-20H2,1-3H3,(H,28,32)/t21-/m0/s1. The monoisotopic (exact) mass is 509 g/mol. The highest BCUT2D eigenvalue weighted by Gasteiger charge is 2.32. The van der Waals surface area contributed by atoms with Crippen molar-refractivity contribution in [1.82, 2.24) is 10.2 Å². The number of hydrogen-bond acceptors (Lipinski definition) is 5. The number of amides is 2. The van der Waals surface area contributed by atoms with Crippen LogP contribution in [0.2, 0.25) is 0 Å². The zero-order chi connectivity index (χ0) is 26.1. The van der Waals surface area contributed by atoms with E-state index in [-0.39, 0.29) is 17.3 Å². The summed E-state index contributed by atoms with van der Waals surface area (Å²) in [6.07, 6.45) is 0.518. The summed E-state index contributed by atoms with van der Waals surface area (Å²) in [5.74, 6) is -0.300. The molecule has 0 spiro atoms. The lowest BCUT2D eigenvalue weighted by Crippen LogP contribution is -2.51. The second-order valence-electron chi connectivity index (χ2n) is 8.14. The topological polar surface area (TPSA) is 96.0 Å². The summed E-state index contributed by atoms with van der Waals surface area (Å²) < 4.78 is 33.5. The Morgan fingerprint density at radius 3 is 2.06 bits per heavy atom. The van der Waals surface area contributed by atoms with Crippen molar-refractivity contribution in [3.05, 3.63) is 90.5 Å². The molecule has 3 aromatic rings. The van der Waals surface area contributed by atoms with E-state index in [4.69, 9.17) is 4.74 Å². The van der Waals surface area contributed by atoms with Crippen LogP contribution in [-0.4, -0.2) is 58.4 Å². The number of nitrogens with zero attached hydrogens (tertiary/aromatic N) is 2. The van der Waals surface area contributed by atoms with Gasteiger partial charge in [-0.2, -0.15) is 0 Å². The van der Waals surface area contributed by atoms with Crippen LogP contribution < -0.4 is 14.4 Å². The van der Waals surface area contributed by atoms with E-state index in [0.29, 0.717) is 17.9 Å². The lowest BCUT2D eigenvalue weighted by molar-refractivity contribution is -0.138. The van der Waals surface area contributed by atoms with Gasteiger partial charge in [-0.05, 0) is 55.3 Å². The van der Waals surface area contributed by atoms with Gasteiger partial charge in [0, 0.05) is 13.6 Å². The van der Waals surface area contributed by atoms with E-state index in [1.165, 1.54) is 31.2 Å². The Kier molecular flexibility index (Phi) is 9.08. The van der Waals surface area contributed by atoms with Crippen LogP contribution in [-0.2, 0) is 26.0 Å². The summed E-state index contributed by atoms with van der Waals surface area (Å²) in [4.78, 5) is 27.5. The van der Waals surface area contributed by atoms with Gasteiger partial charge in [0.25, 0.3) is 10.0 Å². The molecule has 0 fully saturated rings. The summed E-state index contributed by atoms with van der Waals surface area (Å²) in [6.45, 7) is 1.42. The molecule has 3 aromatic carbocycles. The van der Waals surface area contributed by atoms with E-state index in [2.05, 4.69) is 5.32 Å². The van der Waals surface area contributed by atoms with Gasteiger partial charge in [-0.3, -0.25) is 13.9 Å². The van der Waals surface area contributed by atoms with Crippen LogP contribution in [0, 0.1) is 0 Å². The largest absolute Gasteiger partial charge is 0.497 e. The normalized spacial score (nSPS) is 11.9. The fraction of sp³-hybridized carbons (Fsp3) is 0.259. The molecule has 0 bridgehead atoms. The molecular formula is C27H31N3O5S. The maximum Gasteiger partial charge on any atom is 0.264 e. The van der Waals surface area contributed by atoms with E-state index in [0.717, 1.165) is 9.87 Å².